The molecule has 1 aliphatic rings. The van der Waals surface area contributed by atoms with Gasteiger partial charge in [-0.1, -0.05) is 58.4 Å². The summed E-state index contributed by atoms with van der Waals surface area (Å²) in [5, 5.41) is 3.59. The third-order valence-corrected chi connectivity index (χ3v) is 4.73. The molecule has 2 heteroatoms. The first kappa shape index (κ1) is 13.8. The first-order chi connectivity index (χ1) is 9.74. The normalized spacial score (nSPS) is 16.1. The summed E-state index contributed by atoms with van der Waals surface area (Å²) in [5.74, 6) is 0.844. The SMILES string of the molecule is C[C@H](NCc1ccc(C2CC2)cc1)c1ccccc1Br. The zero-order valence-corrected chi connectivity index (χ0v) is 13.4. The molecule has 1 nitrogen and oxygen atoms in total. The summed E-state index contributed by atoms with van der Waals surface area (Å²) in [4.78, 5) is 0. The van der Waals surface area contributed by atoms with Crippen LogP contribution in [0.2, 0.25) is 0 Å². The zero-order valence-electron chi connectivity index (χ0n) is 11.8. The molecule has 0 bridgehead atoms. The van der Waals surface area contributed by atoms with Gasteiger partial charge in [-0.2, -0.15) is 0 Å². The van der Waals surface area contributed by atoms with Crippen molar-refractivity contribution in [3.8, 4) is 0 Å². The lowest BCUT2D eigenvalue weighted by atomic mass is 10.1. The van der Waals surface area contributed by atoms with Crippen LogP contribution in [0.5, 0.6) is 0 Å². The molecule has 0 amide bonds. The van der Waals surface area contributed by atoms with Gasteiger partial charge in [0, 0.05) is 17.1 Å². The third kappa shape index (κ3) is 3.31. The summed E-state index contributed by atoms with van der Waals surface area (Å²) >= 11 is 3.62. The van der Waals surface area contributed by atoms with Crippen LogP contribution in [0.15, 0.2) is 53.0 Å². The average molecular weight is 330 g/mol. The lowest BCUT2D eigenvalue weighted by Crippen LogP contribution is -2.18. The van der Waals surface area contributed by atoms with Crippen LogP contribution in [-0.2, 0) is 6.54 Å². The monoisotopic (exact) mass is 329 g/mol. The standard InChI is InChI=1S/C18H20BrN/c1-13(17-4-2-3-5-18(17)19)20-12-14-6-8-15(9-7-14)16-10-11-16/h2-9,13,16,20H,10-12H2,1H3/t13-/m0/s1. The molecule has 1 N–H and O–H groups in total. The van der Waals surface area contributed by atoms with E-state index in [2.05, 4.69) is 76.7 Å². The minimum Gasteiger partial charge on any atom is -0.306 e. The molecular weight excluding hydrogens is 310 g/mol. The zero-order chi connectivity index (χ0) is 13.9. The van der Waals surface area contributed by atoms with Gasteiger partial charge in [0.05, 0.1) is 0 Å². The summed E-state index contributed by atoms with van der Waals surface area (Å²) in [7, 11) is 0. The fraction of sp³-hybridized carbons (Fsp3) is 0.333. The van der Waals surface area contributed by atoms with E-state index in [0.717, 1.165) is 12.5 Å². The highest BCUT2D eigenvalue weighted by atomic mass is 79.9. The Bertz CT molecular complexity index is 572. The minimum absolute atomic E-state index is 0.341. The van der Waals surface area contributed by atoms with Crippen molar-refractivity contribution < 1.29 is 0 Å². The lowest BCUT2D eigenvalue weighted by Gasteiger charge is -2.16. The second kappa shape index (κ2) is 6.11. The largest absolute Gasteiger partial charge is 0.306 e. The van der Waals surface area contributed by atoms with Crippen LogP contribution in [0, 0.1) is 0 Å². The van der Waals surface area contributed by atoms with Crippen molar-refractivity contribution in [2.45, 2.75) is 38.3 Å². The highest BCUT2D eigenvalue weighted by molar-refractivity contribution is 9.10. The molecule has 1 aliphatic carbocycles. The van der Waals surface area contributed by atoms with Gasteiger partial charge in [-0.3, -0.25) is 0 Å². The molecule has 104 valence electrons. The molecule has 0 aliphatic heterocycles. The van der Waals surface area contributed by atoms with E-state index in [9.17, 15) is 0 Å². The van der Waals surface area contributed by atoms with Gasteiger partial charge in [0.1, 0.15) is 0 Å². The Labute approximate surface area is 129 Å². The van der Waals surface area contributed by atoms with Gasteiger partial charge in [0.25, 0.3) is 0 Å². The predicted octanol–water partition coefficient (Wildman–Crippen LogP) is 5.18. The maximum absolute atomic E-state index is 3.62. The Balaban J connectivity index is 1.59. The molecule has 0 unspecified atom stereocenters. The molecule has 20 heavy (non-hydrogen) atoms. The van der Waals surface area contributed by atoms with Crippen molar-refractivity contribution in [3.63, 3.8) is 0 Å². The van der Waals surface area contributed by atoms with E-state index in [1.54, 1.807) is 0 Å². The topological polar surface area (TPSA) is 12.0 Å². The van der Waals surface area contributed by atoms with E-state index >= 15 is 0 Å². The molecule has 0 saturated heterocycles. The van der Waals surface area contributed by atoms with E-state index in [1.807, 2.05) is 0 Å². The van der Waals surface area contributed by atoms with Crippen LogP contribution < -0.4 is 5.32 Å². The molecule has 2 aromatic carbocycles. The first-order valence-electron chi connectivity index (χ1n) is 7.30. The Hall–Kier alpha value is -1.12. The van der Waals surface area contributed by atoms with Gasteiger partial charge < -0.3 is 5.32 Å². The fourth-order valence-electron chi connectivity index (χ4n) is 2.53. The van der Waals surface area contributed by atoms with Gasteiger partial charge in [-0.05, 0) is 48.4 Å². The minimum atomic E-state index is 0.341. The molecule has 3 rings (SSSR count). The molecule has 0 heterocycles. The van der Waals surface area contributed by atoms with E-state index in [1.165, 1.54) is 34.0 Å². The van der Waals surface area contributed by atoms with Gasteiger partial charge in [-0.25, -0.2) is 0 Å². The van der Waals surface area contributed by atoms with E-state index in [0.29, 0.717) is 6.04 Å². The van der Waals surface area contributed by atoms with Gasteiger partial charge in [0.2, 0.25) is 0 Å². The molecule has 1 saturated carbocycles. The van der Waals surface area contributed by atoms with Gasteiger partial charge in [0.15, 0.2) is 0 Å². The quantitative estimate of drug-likeness (QED) is 0.797. The maximum Gasteiger partial charge on any atom is 0.0306 e. The summed E-state index contributed by atoms with van der Waals surface area (Å²) in [6.07, 6.45) is 2.74. The highest BCUT2D eigenvalue weighted by Crippen LogP contribution is 2.39. The van der Waals surface area contributed by atoms with Crippen molar-refractivity contribution >= 4 is 15.9 Å². The molecule has 1 fully saturated rings. The number of rotatable bonds is 5. The Morgan fingerprint density at radius 1 is 1.10 bits per heavy atom. The van der Waals surface area contributed by atoms with Crippen molar-refractivity contribution in [1.82, 2.24) is 5.32 Å². The van der Waals surface area contributed by atoms with E-state index in [4.69, 9.17) is 0 Å². The predicted molar refractivity (Wildman–Crippen MR) is 87.8 cm³/mol. The highest BCUT2D eigenvalue weighted by Gasteiger charge is 2.22. The van der Waals surface area contributed by atoms with Crippen LogP contribution >= 0.6 is 15.9 Å². The molecule has 0 radical (unpaired) electrons. The van der Waals surface area contributed by atoms with Crippen LogP contribution in [0.3, 0.4) is 0 Å². The second-order valence-electron chi connectivity index (χ2n) is 5.64. The Kier molecular flexibility index (Phi) is 4.23. The first-order valence-corrected chi connectivity index (χ1v) is 8.10. The van der Waals surface area contributed by atoms with E-state index < -0.39 is 0 Å². The molecule has 1 atom stereocenters. The summed E-state index contributed by atoms with van der Waals surface area (Å²) < 4.78 is 1.17. The Morgan fingerprint density at radius 3 is 2.45 bits per heavy atom. The molecule has 0 spiro atoms. The fourth-order valence-corrected chi connectivity index (χ4v) is 3.16. The number of hydrogen-bond donors (Lipinski definition) is 1. The maximum atomic E-state index is 3.62. The number of nitrogens with one attached hydrogen (secondary N) is 1. The van der Waals surface area contributed by atoms with Crippen molar-refractivity contribution in [1.29, 1.82) is 0 Å². The van der Waals surface area contributed by atoms with Crippen molar-refractivity contribution in [2.75, 3.05) is 0 Å². The number of hydrogen-bond acceptors (Lipinski definition) is 1. The van der Waals surface area contributed by atoms with Crippen molar-refractivity contribution in [3.05, 3.63) is 69.7 Å². The number of benzene rings is 2. The lowest BCUT2D eigenvalue weighted by molar-refractivity contribution is 0.573. The summed E-state index contributed by atoms with van der Waals surface area (Å²) in [6.45, 7) is 3.12. The van der Waals surface area contributed by atoms with Crippen LogP contribution in [0.4, 0.5) is 0 Å². The molecule has 0 aromatic heterocycles. The molecular formula is C18H20BrN. The van der Waals surface area contributed by atoms with Crippen LogP contribution in [0.25, 0.3) is 0 Å². The number of halogens is 1. The molecule has 2 aromatic rings. The van der Waals surface area contributed by atoms with Gasteiger partial charge in [-0.15, -0.1) is 0 Å². The Morgan fingerprint density at radius 2 is 1.80 bits per heavy atom. The van der Waals surface area contributed by atoms with Crippen LogP contribution in [-0.4, -0.2) is 0 Å². The van der Waals surface area contributed by atoms with Crippen LogP contribution in [0.1, 0.15) is 48.4 Å². The average Bonchev–Trinajstić information content (AvgIpc) is 3.30. The smallest absolute Gasteiger partial charge is 0.0306 e. The van der Waals surface area contributed by atoms with Gasteiger partial charge >= 0.3 is 0 Å². The summed E-state index contributed by atoms with van der Waals surface area (Å²) in [5.41, 5.74) is 4.17. The third-order valence-electron chi connectivity index (χ3n) is 4.01. The second-order valence-corrected chi connectivity index (χ2v) is 6.49. The summed E-state index contributed by atoms with van der Waals surface area (Å²) in [6, 6.07) is 17.8. The van der Waals surface area contributed by atoms with E-state index in [-0.39, 0.29) is 0 Å². The van der Waals surface area contributed by atoms with Crippen molar-refractivity contribution in [2.24, 2.45) is 0 Å².